The lowest BCUT2D eigenvalue weighted by Gasteiger charge is -2.22. The van der Waals surface area contributed by atoms with Crippen molar-refractivity contribution in [1.29, 1.82) is 0 Å². The first-order valence-electron chi connectivity index (χ1n) is 5.82. The lowest BCUT2D eigenvalue weighted by molar-refractivity contribution is -0.121. The van der Waals surface area contributed by atoms with E-state index in [1.54, 1.807) is 6.20 Å². The summed E-state index contributed by atoms with van der Waals surface area (Å²) < 4.78 is 0. The van der Waals surface area contributed by atoms with Crippen LogP contribution in [0.3, 0.4) is 0 Å². The molecule has 2 N–H and O–H groups in total. The summed E-state index contributed by atoms with van der Waals surface area (Å²) >= 11 is 1.90. The molecule has 7 heteroatoms. The number of rotatable bonds is 4. The molecule has 19 heavy (non-hydrogen) atoms. The van der Waals surface area contributed by atoms with E-state index >= 15 is 0 Å². The molecule has 1 atom stereocenters. The Bertz CT molecular complexity index is 361. The minimum Gasteiger partial charge on any atom is -0.350 e. The fourth-order valence-electron chi connectivity index (χ4n) is 1.74. The Morgan fingerprint density at radius 1 is 1.47 bits per heavy atom. The van der Waals surface area contributed by atoms with Crippen molar-refractivity contribution in [3.63, 3.8) is 0 Å². The molecule has 1 aliphatic heterocycles. The maximum absolute atomic E-state index is 11.7. The number of nitrogens with one attached hydrogen (secondary N) is 2. The standard InChI is InChI=1S/C12H17N3OS.2ClH/c16-12(7-11-9-17-6-5-14-11)15-8-10-3-1-2-4-13-10;;/h1-4,11,14H,5-9H2,(H,15,16);2*1H. The summed E-state index contributed by atoms with van der Waals surface area (Å²) in [5.41, 5.74) is 0.895. The van der Waals surface area contributed by atoms with Crippen molar-refractivity contribution in [3.05, 3.63) is 30.1 Å². The van der Waals surface area contributed by atoms with E-state index in [2.05, 4.69) is 15.6 Å². The maximum Gasteiger partial charge on any atom is 0.221 e. The first kappa shape index (κ1) is 18.5. The van der Waals surface area contributed by atoms with Gasteiger partial charge in [0.2, 0.25) is 5.91 Å². The van der Waals surface area contributed by atoms with Crippen molar-refractivity contribution in [3.8, 4) is 0 Å². The van der Waals surface area contributed by atoms with Crippen molar-refractivity contribution < 1.29 is 4.79 Å². The molecule has 2 rings (SSSR count). The zero-order valence-corrected chi connectivity index (χ0v) is 13.0. The van der Waals surface area contributed by atoms with E-state index in [1.165, 1.54) is 0 Å². The number of nitrogens with zero attached hydrogens (tertiary/aromatic N) is 1. The van der Waals surface area contributed by atoms with Crippen molar-refractivity contribution in [2.75, 3.05) is 18.1 Å². The van der Waals surface area contributed by atoms with Crippen LogP contribution in [-0.4, -0.2) is 35.0 Å². The Hall–Kier alpha value is -0.490. The van der Waals surface area contributed by atoms with Gasteiger partial charge in [0.25, 0.3) is 0 Å². The molecule has 0 spiro atoms. The van der Waals surface area contributed by atoms with E-state index in [0.717, 1.165) is 23.7 Å². The zero-order valence-electron chi connectivity index (χ0n) is 10.5. The van der Waals surface area contributed by atoms with Crippen molar-refractivity contribution in [2.24, 2.45) is 0 Å². The van der Waals surface area contributed by atoms with Gasteiger partial charge in [0.1, 0.15) is 0 Å². The number of pyridine rings is 1. The van der Waals surface area contributed by atoms with E-state index in [4.69, 9.17) is 0 Å². The van der Waals surface area contributed by atoms with Crippen LogP contribution in [0.2, 0.25) is 0 Å². The van der Waals surface area contributed by atoms with Gasteiger partial charge in [-0.15, -0.1) is 24.8 Å². The van der Waals surface area contributed by atoms with Crippen LogP contribution in [0, 0.1) is 0 Å². The average molecular weight is 324 g/mol. The molecule has 1 aromatic rings. The topological polar surface area (TPSA) is 54.0 Å². The zero-order chi connectivity index (χ0) is 11.9. The lowest BCUT2D eigenvalue weighted by atomic mass is 10.2. The van der Waals surface area contributed by atoms with Crippen LogP contribution < -0.4 is 10.6 Å². The summed E-state index contributed by atoms with van der Waals surface area (Å²) in [6, 6.07) is 6.02. The van der Waals surface area contributed by atoms with Crippen molar-refractivity contribution >= 4 is 42.5 Å². The molecule has 0 aliphatic carbocycles. The fourth-order valence-corrected chi connectivity index (χ4v) is 2.69. The first-order chi connectivity index (χ1) is 8.34. The largest absolute Gasteiger partial charge is 0.350 e. The third kappa shape index (κ3) is 7.01. The molecule has 1 unspecified atom stereocenters. The van der Waals surface area contributed by atoms with Crippen LogP contribution in [0.25, 0.3) is 0 Å². The Morgan fingerprint density at radius 3 is 2.95 bits per heavy atom. The van der Waals surface area contributed by atoms with Gasteiger partial charge in [-0.2, -0.15) is 11.8 Å². The second kappa shape index (κ2) is 10.3. The third-order valence-corrected chi connectivity index (χ3v) is 3.75. The van der Waals surface area contributed by atoms with Crippen LogP contribution in [0.15, 0.2) is 24.4 Å². The Labute approximate surface area is 130 Å². The molecule has 1 aromatic heterocycles. The molecule has 1 amide bonds. The number of hydrogen-bond donors (Lipinski definition) is 2. The van der Waals surface area contributed by atoms with E-state index in [1.807, 2.05) is 30.0 Å². The molecule has 1 aliphatic rings. The first-order valence-corrected chi connectivity index (χ1v) is 6.98. The summed E-state index contributed by atoms with van der Waals surface area (Å²) in [5.74, 6) is 2.26. The number of carbonyl (C=O) groups is 1. The van der Waals surface area contributed by atoms with Gasteiger partial charge in [-0.3, -0.25) is 9.78 Å². The van der Waals surface area contributed by atoms with Crippen LogP contribution in [0.1, 0.15) is 12.1 Å². The smallest absolute Gasteiger partial charge is 0.221 e. The summed E-state index contributed by atoms with van der Waals surface area (Å²) in [7, 11) is 0. The second-order valence-corrected chi connectivity index (χ2v) is 5.18. The molecule has 1 fully saturated rings. The monoisotopic (exact) mass is 323 g/mol. The van der Waals surface area contributed by atoms with Gasteiger partial charge in [0.15, 0.2) is 0 Å². The van der Waals surface area contributed by atoms with Crippen molar-refractivity contribution in [2.45, 2.75) is 19.0 Å². The van der Waals surface area contributed by atoms with Gasteiger partial charge in [-0.05, 0) is 12.1 Å². The average Bonchev–Trinajstić information content (AvgIpc) is 2.39. The molecular formula is C12H19Cl2N3OS. The maximum atomic E-state index is 11.7. The molecule has 0 saturated carbocycles. The van der Waals surface area contributed by atoms with Crippen LogP contribution >= 0.6 is 36.6 Å². The number of amides is 1. The number of thioether (sulfide) groups is 1. The van der Waals surface area contributed by atoms with Gasteiger partial charge in [0.05, 0.1) is 12.2 Å². The molecule has 0 aromatic carbocycles. The molecular weight excluding hydrogens is 305 g/mol. The van der Waals surface area contributed by atoms with E-state index in [-0.39, 0.29) is 30.7 Å². The summed E-state index contributed by atoms with van der Waals surface area (Å²) in [6.45, 7) is 1.52. The van der Waals surface area contributed by atoms with Gasteiger partial charge in [0, 0.05) is 36.7 Å². The Balaban J connectivity index is 0.00000162. The quantitative estimate of drug-likeness (QED) is 0.884. The molecule has 4 nitrogen and oxygen atoms in total. The number of aromatic nitrogens is 1. The van der Waals surface area contributed by atoms with Gasteiger partial charge in [-0.1, -0.05) is 6.07 Å². The molecule has 0 bridgehead atoms. The Morgan fingerprint density at radius 2 is 2.32 bits per heavy atom. The number of carbonyl (C=O) groups excluding carboxylic acids is 1. The number of halogens is 2. The predicted octanol–water partition coefficient (Wildman–Crippen LogP) is 1.64. The van der Waals surface area contributed by atoms with Crippen LogP contribution in [0.5, 0.6) is 0 Å². The molecule has 1 saturated heterocycles. The fraction of sp³-hybridized carbons (Fsp3) is 0.500. The third-order valence-electron chi connectivity index (χ3n) is 2.62. The molecule has 2 heterocycles. The van der Waals surface area contributed by atoms with Crippen LogP contribution in [-0.2, 0) is 11.3 Å². The summed E-state index contributed by atoms with van der Waals surface area (Å²) in [6.07, 6.45) is 2.29. The summed E-state index contributed by atoms with van der Waals surface area (Å²) in [4.78, 5) is 15.9. The van der Waals surface area contributed by atoms with Gasteiger partial charge >= 0.3 is 0 Å². The molecule has 108 valence electrons. The SMILES string of the molecule is Cl.Cl.O=C(CC1CSCCN1)NCc1ccccn1. The van der Waals surface area contributed by atoms with Gasteiger partial charge < -0.3 is 10.6 Å². The minimum atomic E-state index is 0. The van der Waals surface area contributed by atoms with E-state index in [9.17, 15) is 4.79 Å². The van der Waals surface area contributed by atoms with Crippen molar-refractivity contribution in [1.82, 2.24) is 15.6 Å². The highest BCUT2D eigenvalue weighted by Gasteiger charge is 2.16. The molecule has 0 radical (unpaired) electrons. The predicted molar refractivity (Wildman–Crippen MR) is 84.3 cm³/mol. The highest BCUT2D eigenvalue weighted by molar-refractivity contribution is 7.99. The second-order valence-electron chi connectivity index (χ2n) is 4.03. The van der Waals surface area contributed by atoms with E-state index < -0.39 is 0 Å². The highest BCUT2D eigenvalue weighted by Crippen LogP contribution is 2.09. The normalized spacial score (nSPS) is 17.8. The minimum absolute atomic E-state index is 0. The highest BCUT2D eigenvalue weighted by atomic mass is 35.5. The summed E-state index contributed by atoms with van der Waals surface area (Å²) in [5, 5.41) is 6.25. The van der Waals surface area contributed by atoms with Gasteiger partial charge in [-0.25, -0.2) is 0 Å². The lowest BCUT2D eigenvalue weighted by Crippen LogP contribution is -2.41. The Kier molecular flexibility index (Phi) is 10.0. The van der Waals surface area contributed by atoms with Crippen LogP contribution in [0.4, 0.5) is 0 Å². The van der Waals surface area contributed by atoms with E-state index in [0.29, 0.717) is 19.0 Å². The number of hydrogen-bond acceptors (Lipinski definition) is 4.